The van der Waals surface area contributed by atoms with Crippen molar-refractivity contribution in [3.05, 3.63) is 71.6 Å². The lowest BCUT2D eigenvalue weighted by atomic mass is 9.84. The molecule has 6 heteroatoms. The maximum absolute atomic E-state index is 10.7. The van der Waals surface area contributed by atoms with Crippen LogP contribution in [-0.4, -0.2) is 30.1 Å². The zero-order chi connectivity index (χ0) is 19.3. The van der Waals surface area contributed by atoms with Crippen molar-refractivity contribution in [3.63, 3.8) is 0 Å². The van der Waals surface area contributed by atoms with Crippen LogP contribution in [0.5, 0.6) is 0 Å². The maximum Gasteiger partial charge on any atom is 0.152 e. The van der Waals surface area contributed by atoms with Gasteiger partial charge in [0, 0.05) is 12.4 Å². The van der Waals surface area contributed by atoms with Crippen LogP contribution < -0.4 is 0 Å². The lowest BCUT2D eigenvalue weighted by molar-refractivity contribution is 0.215. The quantitative estimate of drug-likeness (QED) is 0.702. The van der Waals surface area contributed by atoms with Crippen LogP contribution >= 0.6 is 0 Å². The molecule has 1 aliphatic carbocycles. The molecule has 2 aromatic heterocycles. The zero-order valence-corrected chi connectivity index (χ0v) is 16.3. The number of aromatic nitrogens is 5. The number of benzene rings is 1. The van der Waals surface area contributed by atoms with Crippen molar-refractivity contribution >= 4 is 0 Å². The molecule has 3 aromatic rings. The van der Waals surface area contributed by atoms with Crippen LogP contribution in [-0.2, 0) is 0 Å². The molecule has 2 heterocycles. The number of rotatable bonds is 6. The average Bonchev–Trinajstić information content (AvgIpc) is 3.23. The third-order valence-corrected chi connectivity index (χ3v) is 5.69. The van der Waals surface area contributed by atoms with Gasteiger partial charge in [-0.1, -0.05) is 67.1 Å². The van der Waals surface area contributed by atoms with Gasteiger partial charge in [0.15, 0.2) is 5.82 Å². The van der Waals surface area contributed by atoms with Crippen LogP contribution in [0.3, 0.4) is 0 Å². The Balaban J connectivity index is 1.59. The Morgan fingerprint density at radius 2 is 1.79 bits per heavy atom. The van der Waals surface area contributed by atoms with Gasteiger partial charge >= 0.3 is 0 Å². The van der Waals surface area contributed by atoms with Crippen LogP contribution in [0.2, 0.25) is 0 Å². The molecule has 1 aliphatic rings. The monoisotopic (exact) mass is 377 g/mol. The first-order valence-electron chi connectivity index (χ1n) is 10.1. The summed E-state index contributed by atoms with van der Waals surface area (Å²) in [6.07, 6.45) is 12.0. The summed E-state index contributed by atoms with van der Waals surface area (Å²) in [5.41, 5.74) is 2.53. The van der Waals surface area contributed by atoms with E-state index in [2.05, 4.69) is 20.3 Å². The number of hydrogen-bond donors (Lipinski definition) is 1. The van der Waals surface area contributed by atoms with Gasteiger partial charge in [0.05, 0.1) is 6.20 Å². The van der Waals surface area contributed by atoms with E-state index in [1.807, 2.05) is 48.1 Å². The van der Waals surface area contributed by atoms with Crippen molar-refractivity contribution in [2.45, 2.75) is 57.6 Å². The SMILES string of the molecule is Cc1ccc(C(O)c2cn(C(CC3CCCCC3)c3ncccn3)nn2)cc1. The molecule has 4 rings (SSSR count). The van der Waals surface area contributed by atoms with Gasteiger partial charge in [-0.05, 0) is 30.9 Å². The van der Waals surface area contributed by atoms with Gasteiger partial charge in [-0.15, -0.1) is 5.10 Å². The Hall–Kier alpha value is -2.60. The molecule has 0 radical (unpaired) electrons. The Kier molecular flexibility index (Phi) is 5.76. The number of aryl methyl sites for hydroxylation is 1. The molecule has 1 N–H and O–H groups in total. The number of aliphatic hydroxyl groups is 1. The van der Waals surface area contributed by atoms with Gasteiger partial charge in [-0.3, -0.25) is 0 Å². The standard InChI is InChI=1S/C22H27N5O/c1-16-8-10-18(11-9-16)21(28)19-15-27(26-25-19)20(22-23-12-5-13-24-22)14-17-6-3-2-4-7-17/h5,8-13,15,17,20-21,28H,2-4,6-7,14H2,1H3. The Bertz CT molecular complexity index is 871. The molecule has 0 amide bonds. The number of aliphatic hydroxyl groups excluding tert-OH is 1. The highest BCUT2D eigenvalue weighted by Gasteiger charge is 2.25. The molecule has 1 aromatic carbocycles. The summed E-state index contributed by atoms with van der Waals surface area (Å²) in [6, 6.07) is 9.61. The van der Waals surface area contributed by atoms with Gasteiger partial charge < -0.3 is 5.11 Å². The molecule has 146 valence electrons. The molecular formula is C22H27N5O. The minimum atomic E-state index is -0.790. The fraction of sp³-hybridized carbons (Fsp3) is 0.455. The predicted molar refractivity (Wildman–Crippen MR) is 107 cm³/mol. The number of nitrogens with zero attached hydrogens (tertiary/aromatic N) is 5. The smallest absolute Gasteiger partial charge is 0.152 e. The normalized spacial score (nSPS) is 17.4. The van der Waals surface area contributed by atoms with E-state index in [1.54, 1.807) is 12.4 Å². The van der Waals surface area contributed by atoms with E-state index in [4.69, 9.17) is 0 Å². The highest BCUT2D eigenvalue weighted by molar-refractivity contribution is 5.27. The van der Waals surface area contributed by atoms with E-state index in [0.717, 1.165) is 23.4 Å². The van der Waals surface area contributed by atoms with Crippen molar-refractivity contribution in [1.29, 1.82) is 0 Å². The van der Waals surface area contributed by atoms with Crippen LogP contribution in [0, 0.1) is 12.8 Å². The van der Waals surface area contributed by atoms with Crippen LogP contribution in [0.4, 0.5) is 0 Å². The second kappa shape index (κ2) is 8.61. The molecule has 0 spiro atoms. The van der Waals surface area contributed by atoms with Crippen LogP contribution in [0.25, 0.3) is 0 Å². The molecule has 0 saturated heterocycles. The summed E-state index contributed by atoms with van der Waals surface area (Å²) >= 11 is 0. The van der Waals surface area contributed by atoms with E-state index in [9.17, 15) is 5.11 Å². The Labute approximate surface area is 165 Å². The van der Waals surface area contributed by atoms with E-state index in [0.29, 0.717) is 11.6 Å². The maximum atomic E-state index is 10.7. The third-order valence-electron chi connectivity index (χ3n) is 5.69. The van der Waals surface area contributed by atoms with Crippen LogP contribution in [0.1, 0.15) is 73.3 Å². The Morgan fingerprint density at radius 3 is 2.50 bits per heavy atom. The predicted octanol–water partition coefficient (Wildman–Crippen LogP) is 4.02. The van der Waals surface area contributed by atoms with E-state index in [-0.39, 0.29) is 6.04 Å². The van der Waals surface area contributed by atoms with E-state index in [1.165, 1.54) is 32.1 Å². The minimum absolute atomic E-state index is 0.0595. The average molecular weight is 377 g/mol. The fourth-order valence-electron chi connectivity index (χ4n) is 4.04. The molecule has 1 saturated carbocycles. The van der Waals surface area contributed by atoms with Crippen molar-refractivity contribution in [2.24, 2.45) is 5.92 Å². The van der Waals surface area contributed by atoms with Gasteiger partial charge in [0.25, 0.3) is 0 Å². The first kappa shape index (κ1) is 18.7. The molecule has 28 heavy (non-hydrogen) atoms. The lowest BCUT2D eigenvalue weighted by Crippen LogP contribution is -2.20. The first-order chi connectivity index (χ1) is 13.7. The lowest BCUT2D eigenvalue weighted by Gasteiger charge is -2.25. The molecule has 6 nitrogen and oxygen atoms in total. The molecular weight excluding hydrogens is 350 g/mol. The highest BCUT2D eigenvalue weighted by Crippen LogP contribution is 2.33. The summed E-state index contributed by atoms with van der Waals surface area (Å²) in [6.45, 7) is 2.03. The largest absolute Gasteiger partial charge is 0.382 e. The van der Waals surface area contributed by atoms with Crippen LogP contribution in [0.15, 0.2) is 48.9 Å². The summed E-state index contributed by atoms with van der Waals surface area (Å²) < 4.78 is 1.83. The molecule has 2 atom stereocenters. The molecule has 0 bridgehead atoms. The summed E-state index contributed by atoms with van der Waals surface area (Å²) in [4.78, 5) is 8.96. The number of hydrogen-bond acceptors (Lipinski definition) is 5. The third kappa shape index (κ3) is 4.28. The van der Waals surface area contributed by atoms with Crippen molar-refractivity contribution in [1.82, 2.24) is 25.0 Å². The minimum Gasteiger partial charge on any atom is -0.382 e. The second-order valence-corrected chi connectivity index (χ2v) is 7.80. The Morgan fingerprint density at radius 1 is 1.07 bits per heavy atom. The first-order valence-corrected chi connectivity index (χ1v) is 10.1. The molecule has 1 fully saturated rings. The van der Waals surface area contributed by atoms with Crippen molar-refractivity contribution in [2.75, 3.05) is 0 Å². The zero-order valence-electron chi connectivity index (χ0n) is 16.3. The summed E-state index contributed by atoms with van der Waals surface area (Å²) in [5.74, 6) is 1.41. The van der Waals surface area contributed by atoms with Gasteiger partial charge in [-0.25, -0.2) is 14.6 Å². The van der Waals surface area contributed by atoms with E-state index < -0.39 is 6.10 Å². The van der Waals surface area contributed by atoms with E-state index >= 15 is 0 Å². The highest BCUT2D eigenvalue weighted by atomic mass is 16.3. The topological polar surface area (TPSA) is 76.7 Å². The van der Waals surface area contributed by atoms with Crippen molar-refractivity contribution < 1.29 is 5.11 Å². The van der Waals surface area contributed by atoms with Gasteiger partial charge in [-0.2, -0.15) is 0 Å². The summed E-state index contributed by atoms with van der Waals surface area (Å²) in [7, 11) is 0. The molecule has 0 aliphatic heterocycles. The molecule has 2 unspecified atom stereocenters. The van der Waals surface area contributed by atoms with Gasteiger partial charge in [0.2, 0.25) is 0 Å². The van der Waals surface area contributed by atoms with Gasteiger partial charge in [0.1, 0.15) is 17.8 Å². The second-order valence-electron chi connectivity index (χ2n) is 7.80. The summed E-state index contributed by atoms with van der Waals surface area (Å²) in [5, 5.41) is 19.3. The fourth-order valence-corrected chi connectivity index (χ4v) is 4.04. The van der Waals surface area contributed by atoms with Crippen molar-refractivity contribution in [3.8, 4) is 0 Å².